The number of rotatable bonds is 6. The summed E-state index contributed by atoms with van der Waals surface area (Å²) in [5, 5.41) is 26.9. The first-order chi connectivity index (χ1) is 14.1. The van der Waals surface area contributed by atoms with Gasteiger partial charge in [0.15, 0.2) is 11.5 Å². The molecule has 0 aliphatic carbocycles. The molecule has 0 unspecified atom stereocenters. The smallest absolute Gasteiger partial charge is 0.269 e. The number of nitro groups is 1. The maximum absolute atomic E-state index is 12.2. The number of hydrogen-bond donors (Lipinski definition) is 1. The summed E-state index contributed by atoms with van der Waals surface area (Å²) in [7, 11) is 0. The number of nitrogens with one attached hydrogen (secondary N) is 1. The highest BCUT2D eigenvalue weighted by molar-refractivity contribution is 7.99. The van der Waals surface area contributed by atoms with Gasteiger partial charge in [0.05, 0.1) is 10.7 Å². The predicted octanol–water partition coefficient (Wildman–Crippen LogP) is 3.43. The highest BCUT2D eigenvalue weighted by atomic mass is 32.2. The standard InChI is InChI=1S/C19H14N6O3S/c26-17(20-14-6-8-15(9-7-14)25(27)28)12-29-18-11-10-16-21-22-19(24(16)23-18)13-4-2-1-3-5-13/h1-11H,12H2,(H,20,26). The molecule has 0 radical (unpaired) electrons. The fourth-order valence-corrected chi connectivity index (χ4v) is 3.27. The normalized spacial score (nSPS) is 10.8. The lowest BCUT2D eigenvalue weighted by Crippen LogP contribution is -2.14. The third-order valence-corrected chi connectivity index (χ3v) is 4.90. The number of non-ortho nitro benzene ring substituents is 1. The van der Waals surface area contributed by atoms with E-state index in [0.717, 1.165) is 5.56 Å². The van der Waals surface area contributed by atoms with Gasteiger partial charge in [-0.25, -0.2) is 0 Å². The third kappa shape index (κ3) is 4.22. The van der Waals surface area contributed by atoms with Crippen LogP contribution in [0.4, 0.5) is 11.4 Å². The molecular formula is C19H14N6O3S. The molecule has 4 aromatic rings. The first-order valence-corrected chi connectivity index (χ1v) is 9.54. The molecule has 0 bridgehead atoms. The summed E-state index contributed by atoms with van der Waals surface area (Å²) in [4.78, 5) is 22.4. The van der Waals surface area contributed by atoms with Crippen LogP contribution in [0.3, 0.4) is 0 Å². The van der Waals surface area contributed by atoms with E-state index in [0.29, 0.717) is 22.2 Å². The van der Waals surface area contributed by atoms with E-state index in [-0.39, 0.29) is 17.3 Å². The van der Waals surface area contributed by atoms with Crippen LogP contribution in [0.15, 0.2) is 71.8 Å². The van der Waals surface area contributed by atoms with Crippen LogP contribution < -0.4 is 5.32 Å². The quantitative estimate of drug-likeness (QED) is 0.296. The van der Waals surface area contributed by atoms with Crippen LogP contribution in [0.25, 0.3) is 17.0 Å². The Morgan fingerprint density at radius 1 is 1.03 bits per heavy atom. The maximum atomic E-state index is 12.2. The number of amides is 1. The minimum absolute atomic E-state index is 0.0296. The summed E-state index contributed by atoms with van der Waals surface area (Å²) in [6.07, 6.45) is 0. The monoisotopic (exact) mass is 406 g/mol. The molecule has 0 aliphatic heterocycles. The van der Waals surface area contributed by atoms with Crippen molar-refractivity contribution < 1.29 is 9.72 Å². The van der Waals surface area contributed by atoms with Gasteiger partial charge in [-0.2, -0.15) is 9.61 Å². The first kappa shape index (κ1) is 18.6. The van der Waals surface area contributed by atoms with Crippen LogP contribution >= 0.6 is 11.8 Å². The molecule has 0 spiro atoms. The maximum Gasteiger partial charge on any atom is 0.269 e. The molecule has 2 heterocycles. The number of benzene rings is 2. The molecule has 2 aromatic carbocycles. The molecule has 0 atom stereocenters. The number of anilines is 1. The Labute approximate surface area is 168 Å². The van der Waals surface area contributed by atoms with Crippen LogP contribution in [0.5, 0.6) is 0 Å². The Bertz CT molecular complexity index is 1180. The van der Waals surface area contributed by atoms with Crippen LogP contribution in [0, 0.1) is 10.1 Å². The molecule has 0 aliphatic rings. The zero-order chi connectivity index (χ0) is 20.2. The number of fused-ring (bicyclic) bond motifs is 1. The molecule has 4 rings (SSSR count). The van der Waals surface area contributed by atoms with E-state index in [1.165, 1.54) is 36.0 Å². The number of hydrogen-bond acceptors (Lipinski definition) is 7. The van der Waals surface area contributed by atoms with Gasteiger partial charge in [0.2, 0.25) is 5.91 Å². The van der Waals surface area contributed by atoms with Gasteiger partial charge in [-0.15, -0.1) is 10.2 Å². The van der Waals surface area contributed by atoms with Gasteiger partial charge in [-0.1, -0.05) is 42.1 Å². The molecule has 1 N–H and O–H groups in total. The Morgan fingerprint density at radius 3 is 2.52 bits per heavy atom. The lowest BCUT2D eigenvalue weighted by Gasteiger charge is -2.05. The van der Waals surface area contributed by atoms with E-state index >= 15 is 0 Å². The summed E-state index contributed by atoms with van der Waals surface area (Å²) in [6, 6.07) is 18.9. The molecule has 2 aromatic heterocycles. The van der Waals surface area contributed by atoms with Crippen molar-refractivity contribution in [1.82, 2.24) is 19.8 Å². The minimum atomic E-state index is -0.488. The van der Waals surface area contributed by atoms with Crippen LogP contribution in [0.2, 0.25) is 0 Å². The Hall–Kier alpha value is -3.79. The van der Waals surface area contributed by atoms with E-state index in [2.05, 4.69) is 20.6 Å². The van der Waals surface area contributed by atoms with Gasteiger partial charge in [0.25, 0.3) is 5.69 Å². The van der Waals surface area contributed by atoms with Gasteiger partial charge >= 0.3 is 0 Å². The Kier molecular flexibility index (Phi) is 5.16. The molecule has 0 fully saturated rings. The number of nitrogens with zero attached hydrogens (tertiary/aromatic N) is 5. The van der Waals surface area contributed by atoms with Crippen molar-refractivity contribution >= 4 is 34.7 Å². The van der Waals surface area contributed by atoms with Crippen molar-refractivity contribution in [3.8, 4) is 11.4 Å². The molecular weight excluding hydrogens is 392 g/mol. The second-order valence-electron chi connectivity index (χ2n) is 5.97. The van der Waals surface area contributed by atoms with Gasteiger partial charge in [0.1, 0.15) is 5.03 Å². The average Bonchev–Trinajstić information content (AvgIpc) is 3.16. The number of thioether (sulfide) groups is 1. The Morgan fingerprint density at radius 2 is 1.79 bits per heavy atom. The molecule has 1 amide bonds. The van der Waals surface area contributed by atoms with E-state index in [1.807, 2.05) is 30.3 Å². The average molecular weight is 406 g/mol. The molecule has 9 nitrogen and oxygen atoms in total. The summed E-state index contributed by atoms with van der Waals surface area (Å²) < 4.78 is 1.64. The summed E-state index contributed by atoms with van der Waals surface area (Å²) >= 11 is 1.27. The van der Waals surface area contributed by atoms with Crippen molar-refractivity contribution in [1.29, 1.82) is 0 Å². The molecule has 0 saturated heterocycles. The lowest BCUT2D eigenvalue weighted by atomic mass is 10.2. The van der Waals surface area contributed by atoms with Crippen molar-refractivity contribution in [3.05, 3.63) is 76.8 Å². The van der Waals surface area contributed by atoms with Crippen molar-refractivity contribution in [3.63, 3.8) is 0 Å². The number of carbonyl (C=O) groups is 1. The molecule has 144 valence electrons. The molecule has 10 heteroatoms. The van der Waals surface area contributed by atoms with Crippen LogP contribution in [0.1, 0.15) is 0 Å². The van der Waals surface area contributed by atoms with Crippen LogP contribution in [-0.4, -0.2) is 36.4 Å². The largest absolute Gasteiger partial charge is 0.325 e. The van der Waals surface area contributed by atoms with Gasteiger partial charge in [-0.05, 0) is 24.3 Å². The zero-order valence-corrected chi connectivity index (χ0v) is 15.7. The van der Waals surface area contributed by atoms with E-state index in [4.69, 9.17) is 0 Å². The van der Waals surface area contributed by atoms with Gasteiger partial charge < -0.3 is 5.32 Å². The first-order valence-electron chi connectivity index (χ1n) is 8.55. The predicted molar refractivity (Wildman–Crippen MR) is 109 cm³/mol. The number of nitro benzene ring substituents is 1. The van der Waals surface area contributed by atoms with E-state index < -0.39 is 4.92 Å². The highest BCUT2D eigenvalue weighted by Crippen LogP contribution is 2.21. The van der Waals surface area contributed by atoms with Crippen molar-refractivity contribution in [2.45, 2.75) is 5.03 Å². The molecule has 0 saturated carbocycles. The van der Waals surface area contributed by atoms with Gasteiger partial charge in [0, 0.05) is 23.4 Å². The second kappa shape index (κ2) is 8.07. The zero-order valence-electron chi connectivity index (χ0n) is 14.9. The third-order valence-electron chi connectivity index (χ3n) is 3.98. The van der Waals surface area contributed by atoms with Crippen molar-refractivity contribution in [2.24, 2.45) is 0 Å². The minimum Gasteiger partial charge on any atom is -0.325 e. The van der Waals surface area contributed by atoms with Crippen LogP contribution in [-0.2, 0) is 4.79 Å². The second-order valence-corrected chi connectivity index (χ2v) is 6.97. The highest BCUT2D eigenvalue weighted by Gasteiger charge is 2.11. The molecule has 29 heavy (non-hydrogen) atoms. The number of aromatic nitrogens is 4. The fraction of sp³-hybridized carbons (Fsp3) is 0.0526. The summed E-state index contributed by atoms with van der Waals surface area (Å²) in [5.74, 6) is 0.523. The Balaban J connectivity index is 1.44. The summed E-state index contributed by atoms with van der Waals surface area (Å²) in [6.45, 7) is 0. The van der Waals surface area contributed by atoms with Gasteiger partial charge in [-0.3, -0.25) is 14.9 Å². The van der Waals surface area contributed by atoms with Crippen molar-refractivity contribution in [2.75, 3.05) is 11.1 Å². The SMILES string of the molecule is O=C(CSc1ccc2nnc(-c3ccccc3)n2n1)Nc1ccc([N+](=O)[O-])cc1. The van der Waals surface area contributed by atoms with E-state index in [1.54, 1.807) is 16.6 Å². The topological polar surface area (TPSA) is 115 Å². The lowest BCUT2D eigenvalue weighted by molar-refractivity contribution is -0.384. The summed E-state index contributed by atoms with van der Waals surface area (Å²) in [5.41, 5.74) is 1.97. The fourth-order valence-electron chi connectivity index (χ4n) is 2.62. The van der Waals surface area contributed by atoms with E-state index in [9.17, 15) is 14.9 Å². The number of carbonyl (C=O) groups excluding carboxylic acids is 1.